The molecule has 2 N–H and O–H groups in total. The largest absolute Gasteiger partial charge is 0.481 e. The van der Waals surface area contributed by atoms with E-state index in [2.05, 4.69) is 11.6 Å². The quantitative estimate of drug-likeness (QED) is 0.421. The summed E-state index contributed by atoms with van der Waals surface area (Å²) in [5, 5.41) is 1.44. The van der Waals surface area contributed by atoms with Crippen LogP contribution in [0, 0.1) is 5.82 Å². The molecule has 3 rings (SSSR count). The predicted molar refractivity (Wildman–Crippen MR) is 130 cm³/mol. The lowest BCUT2D eigenvalue weighted by molar-refractivity contribution is 0.290. The van der Waals surface area contributed by atoms with Gasteiger partial charge in [-0.2, -0.15) is 0 Å². The van der Waals surface area contributed by atoms with E-state index in [-0.39, 0.29) is 28.0 Å². The molecule has 2 aromatic rings. The topological polar surface area (TPSA) is 50.8 Å². The molecule has 168 valence electrons. The number of methoxy groups -OCH3 is 1. The van der Waals surface area contributed by atoms with Crippen molar-refractivity contribution in [3.8, 4) is 0 Å². The second kappa shape index (κ2) is 9.17. The van der Waals surface area contributed by atoms with E-state index in [1.54, 1.807) is 24.3 Å². The van der Waals surface area contributed by atoms with Crippen LogP contribution in [0.4, 0.5) is 14.5 Å². The number of allylic oxidation sites excluding steroid dienone is 6. The van der Waals surface area contributed by atoms with Crippen LogP contribution in [0.5, 0.6) is 0 Å². The summed E-state index contributed by atoms with van der Waals surface area (Å²) in [6.07, 6.45) is 2.07. The molecule has 0 unspecified atom stereocenters. The van der Waals surface area contributed by atoms with Crippen molar-refractivity contribution in [3.63, 3.8) is 0 Å². The van der Waals surface area contributed by atoms with Crippen molar-refractivity contribution < 1.29 is 13.5 Å². The number of halogens is 3. The Morgan fingerprint density at radius 3 is 2.53 bits per heavy atom. The van der Waals surface area contributed by atoms with Gasteiger partial charge in [-0.3, -0.25) is 0 Å². The summed E-state index contributed by atoms with van der Waals surface area (Å²) in [5.74, 6) is -0.985. The van der Waals surface area contributed by atoms with Gasteiger partial charge in [0.25, 0.3) is 0 Å². The first-order valence-corrected chi connectivity index (χ1v) is 10.5. The second-order valence-electron chi connectivity index (χ2n) is 7.68. The minimum atomic E-state index is -0.662. The van der Waals surface area contributed by atoms with Crippen LogP contribution in [0.2, 0.25) is 0 Å². The fraction of sp³-hybridized carbons (Fsp3) is 0.240. The normalized spacial score (nSPS) is 17.0. The van der Waals surface area contributed by atoms with E-state index < -0.39 is 5.83 Å². The maximum absolute atomic E-state index is 16.2. The molecule has 2 aromatic carbocycles. The number of nitrogens with zero attached hydrogens (tertiary/aromatic N) is 2. The Morgan fingerprint density at radius 1 is 1.25 bits per heavy atom. The zero-order valence-electron chi connectivity index (χ0n) is 18.8. The van der Waals surface area contributed by atoms with Crippen LogP contribution < -0.4 is 5.73 Å². The van der Waals surface area contributed by atoms with E-state index in [1.807, 2.05) is 32.8 Å². The third-order valence-electron chi connectivity index (χ3n) is 5.54. The average molecular weight is 458 g/mol. The van der Waals surface area contributed by atoms with Crippen LogP contribution in [-0.2, 0) is 11.2 Å². The SMILES string of the molecule is C=C(/N=C1/C(F)=C(c2cc(N)cc3ccc(F)c(CC)c23)C(Cl)=C/C1=C(/C)N(C)C)OC. The molecule has 0 aliphatic heterocycles. The maximum atomic E-state index is 16.2. The molecular weight excluding hydrogens is 432 g/mol. The van der Waals surface area contributed by atoms with Gasteiger partial charge < -0.3 is 15.4 Å². The summed E-state index contributed by atoms with van der Waals surface area (Å²) in [4.78, 5) is 6.10. The lowest BCUT2D eigenvalue weighted by Crippen LogP contribution is -2.19. The highest BCUT2D eigenvalue weighted by Crippen LogP contribution is 2.43. The van der Waals surface area contributed by atoms with Crippen LogP contribution in [0.1, 0.15) is 25.0 Å². The number of nitrogen functional groups attached to an aromatic ring is 1. The number of fused-ring (bicyclic) bond motifs is 1. The van der Waals surface area contributed by atoms with Gasteiger partial charge in [-0.05, 0) is 66.1 Å². The van der Waals surface area contributed by atoms with E-state index in [0.29, 0.717) is 39.6 Å². The minimum Gasteiger partial charge on any atom is -0.481 e. The molecule has 0 saturated heterocycles. The van der Waals surface area contributed by atoms with Gasteiger partial charge in [-0.15, -0.1) is 0 Å². The minimum absolute atomic E-state index is 0.0347. The molecular formula is C25H26ClF2N3O. The Kier molecular flexibility index (Phi) is 6.74. The van der Waals surface area contributed by atoms with Gasteiger partial charge in [0.2, 0.25) is 5.88 Å². The average Bonchev–Trinajstić information content (AvgIpc) is 2.74. The number of aliphatic imine (C=N–C) groups is 1. The molecule has 7 heteroatoms. The molecule has 1 aliphatic rings. The first-order chi connectivity index (χ1) is 15.1. The summed E-state index contributed by atoms with van der Waals surface area (Å²) >= 11 is 6.65. The van der Waals surface area contributed by atoms with Crippen LogP contribution >= 0.6 is 11.6 Å². The molecule has 0 radical (unpaired) electrons. The number of anilines is 1. The van der Waals surface area contributed by atoms with Gasteiger partial charge in [0.15, 0.2) is 5.83 Å². The fourth-order valence-corrected chi connectivity index (χ4v) is 4.03. The monoisotopic (exact) mass is 457 g/mol. The molecule has 0 saturated carbocycles. The van der Waals surface area contributed by atoms with Crippen molar-refractivity contribution in [2.45, 2.75) is 20.3 Å². The number of nitrogens with two attached hydrogens (primary N) is 1. The molecule has 0 heterocycles. The Labute approximate surface area is 192 Å². The molecule has 0 spiro atoms. The number of benzene rings is 2. The van der Waals surface area contributed by atoms with E-state index in [1.165, 1.54) is 13.2 Å². The van der Waals surface area contributed by atoms with Crippen molar-refractivity contribution in [2.75, 3.05) is 26.9 Å². The van der Waals surface area contributed by atoms with Gasteiger partial charge in [0, 0.05) is 36.6 Å². The molecule has 32 heavy (non-hydrogen) atoms. The summed E-state index contributed by atoms with van der Waals surface area (Å²) in [7, 11) is 5.09. The van der Waals surface area contributed by atoms with E-state index in [4.69, 9.17) is 22.1 Å². The fourth-order valence-electron chi connectivity index (χ4n) is 3.73. The van der Waals surface area contributed by atoms with Crippen molar-refractivity contribution in [1.29, 1.82) is 0 Å². The summed E-state index contributed by atoms with van der Waals surface area (Å²) < 4.78 is 35.9. The van der Waals surface area contributed by atoms with Gasteiger partial charge in [0.05, 0.1) is 12.1 Å². The molecule has 1 aliphatic carbocycles. The summed E-state index contributed by atoms with van der Waals surface area (Å²) in [6.45, 7) is 7.38. The van der Waals surface area contributed by atoms with Crippen LogP contribution in [0.25, 0.3) is 16.3 Å². The Balaban J connectivity index is 2.45. The van der Waals surface area contributed by atoms with Crippen molar-refractivity contribution >= 4 is 39.3 Å². The van der Waals surface area contributed by atoms with Gasteiger partial charge in [-0.25, -0.2) is 13.8 Å². The molecule has 0 atom stereocenters. The Bertz CT molecular complexity index is 1240. The van der Waals surface area contributed by atoms with E-state index in [9.17, 15) is 4.39 Å². The highest BCUT2D eigenvalue weighted by Gasteiger charge is 2.29. The third kappa shape index (κ3) is 4.15. The number of hydrogen-bond donors (Lipinski definition) is 1. The highest BCUT2D eigenvalue weighted by molar-refractivity contribution is 6.41. The molecule has 0 fully saturated rings. The number of rotatable bonds is 5. The van der Waals surface area contributed by atoms with E-state index >= 15 is 4.39 Å². The summed E-state index contributed by atoms with van der Waals surface area (Å²) in [5.41, 5.74) is 8.79. The van der Waals surface area contributed by atoms with Crippen molar-refractivity contribution in [3.05, 3.63) is 81.9 Å². The maximum Gasteiger partial charge on any atom is 0.206 e. The molecule has 0 aromatic heterocycles. The van der Waals surface area contributed by atoms with Crippen molar-refractivity contribution in [2.24, 2.45) is 4.99 Å². The van der Waals surface area contributed by atoms with Gasteiger partial charge in [-0.1, -0.05) is 24.6 Å². The first-order valence-electron chi connectivity index (χ1n) is 10.1. The zero-order chi connectivity index (χ0) is 23.7. The van der Waals surface area contributed by atoms with Gasteiger partial charge in [0.1, 0.15) is 11.5 Å². The standard InChI is InChI=1S/C25H26ClF2N3O/c1-7-17-21(27)9-8-15-10-16(29)11-19(22(15)17)23-20(26)12-18(13(2)31(4)5)25(24(23)28)30-14(3)32-6/h8-12H,3,7,29H2,1-2,4-6H3/b18-13+,30-25+. The molecule has 0 bridgehead atoms. The third-order valence-corrected chi connectivity index (χ3v) is 5.84. The number of hydrogen-bond acceptors (Lipinski definition) is 4. The van der Waals surface area contributed by atoms with E-state index in [0.717, 1.165) is 5.70 Å². The zero-order valence-corrected chi connectivity index (χ0v) is 19.6. The van der Waals surface area contributed by atoms with Crippen LogP contribution in [-0.4, -0.2) is 31.8 Å². The molecule has 0 amide bonds. The Morgan fingerprint density at radius 2 is 1.94 bits per heavy atom. The number of aryl methyl sites for hydroxylation is 1. The predicted octanol–water partition coefficient (Wildman–Crippen LogP) is 6.33. The second-order valence-corrected chi connectivity index (χ2v) is 8.09. The molecule has 4 nitrogen and oxygen atoms in total. The van der Waals surface area contributed by atoms with Crippen LogP contribution in [0.3, 0.4) is 0 Å². The smallest absolute Gasteiger partial charge is 0.206 e. The van der Waals surface area contributed by atoms with Crippen molar-refractivity contribution in [1.82, 2.24) is 4.90 Å². The lowest BCUT2D eigenvalue weighted by Gasteiger charge is -2.24. The number of ether oxygens (including phenoxy) is 1. The van der Waals surface area contributed by atoms with Crippen LogP contribution in [0.15, 0.2) is 69.9 Å². The lowest BCUT2D eigenvalue weighted by atomic mass is 9.87. The first kappa shape index (κ1) is 23.5. The summed E-state index contributed by atoms with van der Waals surface area (Å²) in [6, 6.07) is 6.37. The van der Waals surface area contributed by atoms with Gasteiger partial charge >= 0.3 is 0 Å². The highest BCUT2D eigenvalue weighted by atomic mass is 35.5. The Hall–Kier alpha value is -3.12.